The Hall–Kier alpha value is -2.48. The number of aromatic nitrogens is 3. The van der Waals surface area contributed by atoms with Crippen molar-refractivity contribution in [2.75, 3.05) is 6.54 Å². The first-order chi connectivity index (χ1) is 11.5. The number of nitrogens with zero attached hydrogens (tertiary/aromatic N) is 3. The van der Waals surface area contributed by atoms with Crippen molar-refractivity contribution in [1.82, 2.24) is 25.4 Å². The summed E-state index contributed by atoms with van der Waals surface area (Å²) < 4.78 is 14.8. The highest BCUT2D eigenvalue weighted by Gasteiger charge is 2.26. The van der Waals surface area contributed by atoms with Crippen molar-refractivity contribution < 1.29 is 14.3 Å². The Morgan fingerprint density at radius 1 is 1.46 bits per heavy atom. The summed E-state index contributed by atoms with van der Waals surface area (Å²) in [5.41, 5.74) is -0.765. The van der Waals surface area contributed by atoms with Gasteiger partial charge in [0.1, 0.15) is 23.6 Å². The first-order valence-corrected chi connectivity index (χ1v) is 7.86. The Kier molecular flexibility index (Phi) is 4.48. The van der Waals surface area contributed by atoms with Gasteiger partial charge in [-0.3, -0.25) is 0 Å². The minimum Gasteiger partial charge on any atom is -0.384 e. The van der Waals surface area contributed by atoms with Gasteiger partial charge in [-0.2, -0.15) is 5.10 Å². The average Bonchev–Trinajstić information content (AvgIpc) is 3.03. The first kappa shape index (κ1) is 16.4. The van der Waals surface area contributed by atoms with Crippen LogP contribution in [0.25, 0.3) is 0 Å². The van der Waals surface area contributed by atoms with Crippen LogP contribution in [0.15, 0.2) is 30.6 Å². The topological polar surface area (TPSA) is 92.1 Å². The summed E-state index contributed by atoms with van der Waals surface area (Å²) in [6.45, 7) is 2.37. The highest BCUT2D eigenvalue weighted by Crippen LogP contribution is 2.22. The summed E-state index contributed by atoms with van der Waals surface area (Å²) >= 11 is 0. The highest BCUT2D eigenvalue weighted by molar-refractivity contribution is 5.74. The normalized spacial score (nSPS) is 19.2. The van der Waals surface area contributed by atoms with E-state index in [4.69, 9.17) is 0 Å². The SMILES string of the molecule is CC(O)(CNC(=O)NC1CCCn2ncnc21)c1ccc(F)cc1. The van der Waals surface area contributed by atoms with Crippen molar-refractivity contribution in [3.05, 3.63) is 47.8 Å². The maximum Gasteiger partial charge on any atom is 0.315 e. The van der Waals surface area contributed by atoms with Crippen LogP contribution in [-0.2, 0) is 12.1 Å². The van der Waals surface area contributed by atoms with Gasteiger partial charge in [-0.1, -0.05) is 12.1 Å². The van der Waals surface area contributed by atoms with Crippen LogP contribution in [-0.4, -0.2) is 32.4 Å². The van der Waals surface area contributed by atoms with E-state index < -0.39 is 5.60 Å². The molecule has 0 saturated heterocycles. The molecule has 8 heteroatoms. The molecular weight excluding hydrogens is 313 g/mol. The lowest BCUT2D eigenvalue weighted by Gasteiger charge is -2.26. The monoisotopic (exact) mass is 333 g/mol. The highest BCUT2D eigenvalue weighted by atomic mass is 19.1. The molecule has 3 rings (SSSR count). The number of rotatable bonds is 4. The lowest BCUT2D eigenvalue weighted by Crippen LogP contribution is -2.45. The predicted molar refractivity (Wildman–Crippen MR) is 84.5 cm³/mol. The zero-order chi connectivity index (χ0) is 17.2. The Balaban J connectivity index is 1.57. The van der Waals surface area contributed by atoms with Crippen molar-refractivity contribution in [2.45, 2.75) is 38.0 Å². The molecule has 0 fully saturated rings. The van der Waals surface area contributed by atoms with Crippen LogP contribution in [0.5, 0.6) is 0 Å². The van der Waals surface area contributed by atoms with E-state index in [0.717, 1.165) is 25.2 Å². The van der Waals surface area contributed by atoms with Crippen LogP contribution < -0.4 is 10.6 Å². The quantitative estimate of drug-likeness (QED) is 0.790. The van der Waals surface area contributed by atoms with Crippen LogP contribution >= 0.6 is 0 Å². The molecule has 24 heavy (non-hydrogen) atoms. The fourth-order valence-corrected chi connectivity index (χ4v) is 2.80. The number of aliphatic hydroxyl groups is 1. The van der Waals surface area contributed by atoms with E-state index in [2.05, 4.69) is 20.7 Å². The smallest absolute Gasteiger partial charge is 0.315 e. The number of fused-ring (bicyclic) bond motifs is 1. The molecule has 2 heterocycles. The van der Waals surface area contributed by atoms with Gasteiger partial charge in [-0.05, 0) is 37.5 Å². The number of halogens is 1. The van der Waals surface area contributed by atoms with Gasteiger partial charge in [-0.15, -0.1) is 0 Å². The number of urea groups is 1. The second-order valence-corrected chi connectivity index (χ2v) is 6.14. The van der Waals surface area contributed by atoms with E-state index in [1.54, 1.807) is 11.6 Å². The number of hydrogen-bond donors (Lipinski definition) is 3. The van der Waals surface area contributed by atoms with Gasteiger partial charge in [0, 0.05) is 6.54 Å². The van der Waals surface area contributed by atoms with E-state index in [1.807, 2.05) is 0 Å². The van der Waals surface area contributed by atoms with Gasteiger partial charge in [-0.25, -0.2) is 18.9 Å². The molecular formula is C16H20FN5O2. The second-order valence-electron chi connectivity index (χ2n) is 6.14. The van der Waals surface area contributed by atoms with E-state index in [1.165, 1.54) is 30.6 Å². The molecule has 128 valence electrons. The predicted octanol–water partition coefficient (Wildman–Crippen LogP) is 1.46. The van der Waals surface area contributed by atoms with Crippen molar-refractivity contribution >= 4 is 6.03 Å². The fourth-order valence-electron chi connectivity index (χ4n) is 2.80. The fraction of sp³-hybridized carbons (Fsp3) is 0.438. The van der Waals surface area contributed by atoms with Gasteiger partial charge < -0.3 is 15.7 Å². The number of carbonyl (C=O) groups is 1. The van der Waals surface area contributed by atoms with E-state index >= 15 is 0 Å². The van der Waals surface area contributed by atoms with Crippen LogP contribution in [0.4, 0.5) is 9.18 Å². The third-order valence-electron chi connectivity index (χ3n) is 4.18. The molecule has 0 bridgehead atoms. The van der Waals surface area contributed by atoms with Crippen LogP contribution in [0.2, 0.25) is 0 Å². The van der Waals surface area contributed by atoms with Gasteiger partial charge >= 0.3 is 6.03 Å². The maximum atomic E-state index is 13.0. The zero-order valence-corrected chi connectivity index (χ0v) is 13.4. The molecule has 1 aromatic carbocycles. The molecule has 0 aliphatic carbocycles. The van der Waals surface area contributed by atoms with Crippen LogP contribution in [0, 0.1) is 5.82 Å². The standard InChI is InChI=1S/C16H20FN5O2/c1-16(24,11-4-6-12(17)7-5-11)9-18-15(23)21-13-3-2-8-22-14(13)19-10-20-22/h4-7,10,13,24H,2-3,8-9H2,1H3,(H2,18,21,23). The molecule has 2 amide bonds. The van der Waals surface area contributed by atoms with Crippen LogP contribution in [0.1, 0.15) is 37.2 Å². The number of benzene rings is 1. The maximum absolute atomic E-state index is 13.0. The molecule has 2 atom stereocenters. The summed E-state index contributed by atoms with van der Waals surface area (Å²) in [4.78, 5) is 16.3. The average molecular weight is 333 g/mol. The molecule has 0 saturated carbocycles. The summed E-state index contributed by atoms with van der Waals surface area (Å²) in [7, 11) is 0. The van der Waals surface area contributed by atoms with Gasteiger partial charge in [0.05, 0.1) is 12.6 Å². The van der Waals surface area contributed by atoms with E-state index in [9.17, 15) is 14.3 Å². The van der Waals surface area contributed by atoms with Gasteiger partial charge in [0.15, 0.2) is 0 Å². The molecule has 0 spiro atoms. The second kappa shape index (κ2) is 6.56. The number of aryl methyl sites for hydroxylation is 1. The van der Waals surface area contributed by atoms with Crippen molar-refractivity contribution in [3.8, 4) is 0 Å². The lowest BCUT2D eigenvalue weighted by molar-refractivity contribution is 0.0591. The van der Waals surface area contributed by atoms with E-state index in [-0.39, 0.29) is 24.4 Å². The van der Waals surface area contributed by atoms with Crippen LogP contribution in [0.3, 0.4) is 0 Å². The molecule has 1 aliphatic heterocycles. The lowest BCUT2D eigenvalue weighted by atomic mass is 9.96. The third kappa shape index (κ3) is 3.53. The molecule has 0 radical (unpaired) electrons. The minimum absolute atomic E-state index is 0.00385. The number of amides is 2. The number of hydrogen-bond acceptors (Lipinski definition) is 4. The Bertz CT molecular complexity index is 714. The Morgan fingerprint density at radius 3 is 2.96 bits per heavy atom. The molecule has 1 aromatic heterocycles. The zero-order valence-electron chi connectivity index (χ0n) is 13.4. The summed E-state index contributed by atoms with van der Waals surface area (Å²) in [6, 6.07) is 4.96. The summed E-state index contributed by atoms with van der Waals surface area (Å²) in [5, 5.41) is 20.1. The molecule has 2 aromatic rings. The summed E-state index contributed by atoms with van der Waals surface area (Å²) in [5.74, 6) is 0.364. The number of carbonyl (C=O) groups excluding carboxylic acids is 1. The first-order valence-electron chi connectivity index (χ1n) is 7.86. The van der Waals surface area contributed by atoms with Crippen molar-refractivity contribution in [1.29, 1.82) is 0 Å². The van der Waals surface area contributed by atoms with Gasteiger partial charge in [0.2, 0.25) is 0 Å². The minimum atomic E-state index is -1.29. The Morgan fingerprint density at radius 2 is 2.21 bits per heavy atom. The third-order valence-corrected chi connectivity index (χ3v) is 4.18. The summed E-state index contributed by atoms with van der Waals surface area (Å²) in [6.07, 6.45) is 3.18. The molecule has 2 unspecified atom stereocenters. The molecule has 1 aliphatic rings. The molecule has 3 N–H and O–H groups in total. The van der Waals surface area contributed by atoms with Crippen molar-refractivity contribution in [2.24, 2.45) is 0 Å². The van der Waals surface area contributed by atoms with E-state index in [0.29, 0.717) is 5.56 Å². The number of nitrogens with one attached hydrogen (secondary N) is 2. The van der Waals surface area contributed by atoms with Gasteiger partial charge in [0.25, 0.3) is 0 Å². The molecule has 7 nitrogen and oxygen atoms in total. The Labute approximate surface area is 138 Å². The van der Waals surface area contributed by atoms with Crippen molar-refractivity contribution in [3.63, 3.8) is 0 Å². The largest absolute Gasteiger partial charge is 0.384 e.